The molecule has 5 heteroatoms. The van der Waals surface area contributed by atoms with E-state index in [2.05, 4.69) is 5.32 Å². The molecule has 1 amide bonds. The van der Waals surface area contributed by atoms with Gasteiger partial charge in [0.15, 0.2) is 0 Å². The largest absolute Gasteiger partial charge is 0.507 e. The molecule has 0 aliphatic rings. The summed E-state index contributed by atoms with van der Waals surface area (Å²) in [6, 6.07) is 8.17. The quantitative estimate of drug-likeness (QED) is 0.791. The number of thiophene rings is 1. The minimum absolute atomic E-state index is 0.0799. The molecule has 0 fully saturated rings. The maximum atomic E-state index is 11.8. The molecule has 2 rings (SSSR count). The number of aromatic hydroxyl groups is 2. The monoisotopic (exact) mass is 263 g/mol. The Hall–Kier alpha value is -2.01. The molecule has 0 saturated heterocycles. The van der Waals surface area contributed by atoms with Gasteiger partial charge in [0, 0.05) is 11.4 Å². The standard InChI is InChI=1S/C13H13NO3S/c15-10-4-1-5-11(16)12(10)13(17)14-7-6-9-3-2-8-18-9/h1-5,8,15-16H,6-7H2,(H,14,17). The van der Waals surface area contributed by atoms with Crippen LogP contribution in [-0.2, 0) is 6.42 Å². The van der Waals surface area contributed by atoms with E-state index in [9.17, 15) is 15.0 Å². The normalized spacial score (nSPS) is 10.2. The van der Waals surface area contributed by atoms with E-state index in [1.807, 2.05) is 17.5 Å². The van der Waals surface area contributed by atoms with Crippen LogP contribution in [0, 0.1) is 0 Å². The van der Waals surface area contributed by atoms with Gasteiger partial charge in [-0.15, -0.1) is 11.3 Å². The van der Waals surface area contributed by atoms with E-state index in [1.54, 1.807) is 11.3 Å². The molecule has 18 heavy (non-hydrogen) atoms. The van der Waals surface area contributed by atoms with E-state index in [4.69, 9.17) is 0 Å². The van der Waals surface area contributed by atoms with Gasteiger partial charge in [0.25, 0.3) is 5.91 Å². The molecular formula is C13H13NO3S. The zero-order chi connectivity index (χ0) is 13.0. The lowest BCUT2D eigenvalue weighted by atomic mass is 10.1. The van der Waals surface area contributed by atoms with Gasteiger partial charge in [-0.3, -0.25) is 4.79 Å². The Bertz CT molecular complexity index is 517. The summed E-state index contributed by atoms with van der Waals surface area (Å²) in [6.45, 7) is 0.465. The molecule has 4 nitrogen and oxygen atoms in total. The highest BCUT2D eigenvalue weighted by atomic mass is 32.1. The molecule has 0 saturated carbocycles. The lowest BCUT2D eigenvalue weighted by Gasteiger charge is -2.07. The molecule has 0 atom stereocenters. The van der Waals surface area contributed by atoms with Crippen LogP contribution < -0.4 is 5.32 Å². The van der Waals surface area contributed by atoms with Crippen molar-refractivity contribution in [3.63, 3.8) is 0 Å². The average Bonchev–Trinajstić information content (AvgIpc) is 2.82. The second-order valence-corrected chi connectivity index (χ2v) is 4.79. The van der Waals surface area contributed by atoms with Crippen molar-refractivity contribution in [1.82, 2.24) is 5.32 Å². The van der Waals surface area contributed by atoms with Gasteiger partial charge < -0.3 is 15.5 Å². The first-order chi connectivity index (χ1) is 8.68. The number of carbonyl (C=O) groups excluding carboxylic acids is 1. The van der Waals surface area contributed by atoms with Crippen LogP contribution in [0.3, 0.4) is 0 Å². The van der Waals surface area contributed by atoms with Gasteiger partial charge in [-0.25, -0.2) is 0 Å². The van der Waals surface area contributed by atoms with Crippen LogP contribution in [0.1, 0.15) is 15.2 Å². The third-order valence-electron chi connectivity index (χ3n) is 2.48. The third kappa shape index (κ3) is 2.81. The molecule has 0 unspecified atom stereocenters. The van der Waals surface area contributed by atoms with Crippen LogP contribution in [0.4, 0.5) is 0 Å². The van der Waals surface area contributed by atoms with Gasteiger partial charge in [-0.05, 0) is 30.0 Å². The molecule has 0 aliphatic heterocycles. The zero-order valence-corrected chi connectivity index (χ0v) is 10.4. The van der Waals surface area contributed by atoms with Crippen molar-refractivity contribution in [3.05, 3.63) is 46.2 Å². The van der Waals surface area contributed by atoms with Gasteiger partial charge >= 0.3 is 0 Å². The lowest BCUT2D eigenvalue weighted by molar-refractivity contribution is 0.0949. The minimum Gasteiger partial charge on any atom is -0.507 e. The summed E-state index contributed by atoms with van der Waals surface area (Å²) in [7, 11) is 0. The summed E-state index contributed by atoms with van der Waals surface area (Å²) in [6.07, 6.45) is 0.734. The highest BCUT2D eigenvalue weighted by molar-refractivity contribution is 7.09. The number of phenols is 2. The predicted octanol–water partition coefficient (Wildman–Crippen LogP) is 2.13. The van der Waals surface area contributed by atoms with Gasteiger partial charge in [-0.1, -0.05) is 12.1 Å². The summed E-state index contributed by atoms with van der Waals surface area (Å²) in [5, 5.41) is 23.7. The van der Waals surface area contributed by atoms with Crippen LogP contribution in [0.5, 0.6) is 11.5 Å². The smallest absolute Gasteiger partial charge is 0.258 e. The Balaban J connectivity index is 1.96. The van der Waals surface area contributed by atoms with E-state index in [1.165, 1.54) is 23.1 Å². The van der Waals surface area contributed by atoms with Crippen LogP contribution in [0.25, 0.3) is 0 Å². The highest BCUT2D eigenvalue weighted by Gasteiger charge is 2.15. The molecule has 2 aromatic rings. The van der Waals surface area contributed by atoms with Gasteiger partial charge in [0.2, 0.25) is 0 Å². The minimum atomic E-state index is -0.470. The Morgan fingerprint density at radius 3 is 2.50 bits per heavy atom. The van der Waals surface area contributed by atoms with E-state index in [0.717, 1.165) is 6.42 Å². The lowest BCUT2D eigenvalue weighted by Crippen LogP contribution is -2.25. The number of hydrogen-bond donors (Lipinski definition) is 3. The number of amides is 1. The number of nitrogens with one attached hydrogen (secondary N) is 1. The van der Waals surface area contributed by atoms with E-state index >= 15 is 0 Å². The molecule has 0 aliphatic carbocycles. The SMILES string of the molecule is O=C(NCCc1cccs1)c1c(O)cccc1O. The second-order valence-electron chi connectivity index (χ2n) is 3.76. The van der Waals surface area contributed by atoms with Crippen molar-refractivity contribution < 1.29 is 15.0 Å². The van der Waals surface area contributed by atoms with Crippen molar-refractivity contribution in [2.24, 2.45) is 0 Å². The number of hydrogen-bond acceptors (Lipinski definition) is 4. The van der Waals surface area contributed by atoms with Gasteiger partial charge in [-0.2, -0.15) is 0 Å². The van der Waals surface area contributed by atoms with Crippen LogP contribution in [-0.4, -0.2) is 22.7 Å². The summed E-state index contributed by atoms with van der Waals surface area (Å²) < 4.78 is 0. The summed E-state index contributed by atoms with van der Waals surface area (Å²) in [4.78, 5) is 13.0. The number of rotatable bonds is 4. The van der Waals surface area contributed by atoms with Gasteiger partial charge in [0.05, 0.1) is 0 Å². The molecule has 0 bridgehead atoms. The van der Waals surface area contributed by atoms with E-state index < -0.39 is 5.91 Å². The molecule has 0 spiro atoms. The average molecular weight is 263 g/mol. The third-order valence-corrected chi connectivity index (χ3v) is 3.42. The van der Waals surface area contributed by atoms with Crippen LogP contribution >= 0.6 is 11.3 Å². The maximum absolute atomic E-state index is 11.8. The van der Waals surface area contributed by atoms with E-state index in [0.29, 0.717) is 6.54 Å². The number of benzene rings is 1. The van der Waals surface area contributed by atoms with Crippen molar-refractivity contribution in [2.45, 2.75) is 6.42 Å². The maximum Gasteiger partial charge on any atom is 0.258 e. The van der Waals surface area contributed by atoms with Crippen molar-refractivity contribution in [3.8, 4) is 11.5 Å². The molecule has 0 radical (unpaired) electrons. The Morgan fingerprint density at radius 1 is 1.17 bits per heavy atom. The number of phenolic OH excluding ortho intramolecular Hbond substituents is 2. The molecular weight excluding hydrogens is 250 g/mol. The molecule has 1 heterocycles. The zero-order valence-electron chi connectivity index (χ0n) is 9.59. The summed E-state index contributed by atoms with van der Waals surface area (Å²) >= 11 is 1.63. The Morgan fingerprint density at radius 2 is 1.89 bits per heavy atom. The Kier molecular flexibility index (Phi) is 3.84. The molecule has 3 N–H and O–H groups in total. The van der Waals surface area contributed by atoms with Crippen molar-refractivity contribution in [2.75, 3.05) is 6.54 Å². The first-order valence-electron chi connectivity index (χ1n) is 5.50. The fourth-order valence-electron chi connectivity index (χ4n) is 1.60. The van der Waals surface area contributed by atoms with Crippen molar-refractivity contribution in [1.29, 1.82) is 0 Å². The molecule has 1 aromatic heterocycles. The topological polar surface area (TPSA) is 69.6 Å². The van der Waals surface area contributed by atoms with Crippen LogP contribution in [0.15, 0.2) is 35.7 Å². The van der Waals surface area contributed by atoms with Crippen molar-refractivity contribution >= 4 is 17.2 Å². The van der Waals surface area contributed by atoms with E-state index in [-0.39, 0.29) is 17.1 Å². The fourth-order valence-corrected chi connectivity index (χ4v) is 2.31. The second kappa shape index (κ2) is 5.55. The number of carbonyl (C=O) groups is 1. The summed E-state index contributed by atoms with van der Waals surface area (Å²) in [5.41, 5.74) is -0.0799. The first kappa shape index (κ1) is 12.4. The van der Waals surface area contributed by atoms with Crippen LogP contribution in [0.2, 0.25) is 0 Å². The molecule has 94 valence electrons. The van der Waals surface area contributed by atoms with Gasteiger partial charge in [0.1, 0.15) is 17.1 Å². The first-order valence-corrected chi connectivity index (χ1v) is 6.38. The Labute approximate surface area is 109 Å². The highest BCUT2D eigenvalue weighted by Crippen LogP contribution is 2.25. The fraction of sp³-hybridized carbons (Fsp3) is 0.154. The molecule has 1 aromatic carbocycles. The summed E-state index contributed by atoms with van der Waals surface area (Å²) in [5.74, 6) is -0.908. The predicted molar refractivity (Wildman–Crippen MR) is 70.1 cm³/mol.